The number of thioether (sulfide) groups is 1. The molecule has 0 unspecified atom stereocenters. The largest absolute Gasteiger partial charge is 0.497 e. The van der Waals surface area contributed by atoms with Crippen LogP contribution in [0.3, 0.4) is 0 Å². The van der Waals surface area contributed by atoms with Crippen LogP contribution in [0.5, 0.6) is 5.75 Å². The Balaban J connectivity index is 1.68. The van der Waals surface area contributed by atoms with Gasteiger partial charge in [0.1, 0.15) is 10.4 Å². The highest BCUT2D eigenvalue weighted by Crippen LogP contribution is 2.47. The van der Waals surface area contributed by atoms with Gasteiger partial charge in [0.05, 0.1) is 35.4 Å². The molecule has 0 aliphatic carbocycles. The Kier molecular flexibility index (Phi) is 9.31. The summed E-state index contributed by atoms with van der Waals surface area (Å²) in [5, 5.41) is 2.34. The van der Waals surface area contributed by atoms with Gasteiger partial charge in [-0.1, -0.05) is 34.7 Å². The average molecular weight is 632 g/mol. The zero-order valence-corrected chi connectivity index (χ0v) is 25.2. The summed E-state index contributed by atoms with van der Waals surface area (Å²) < 4.78 is 71.9. The molecule has 0 saturated heterocycles. The molecule has 0 radical (unpaired) electrons. The van der Waals surface area contributed by atoms with Crippen molar-refractivity contribution in [2.45, 2.75) is 31.2 Å². The Labute approximate surface area is 241 Å². The van der Waals surface area contributed by atoms with Gasteiger partial charge >= 0.3 is 0 Å². The van der Waals surface area contributed by atoms with Crippen LogP contribution in [-0.4, -0.2) is 51.1 Å². The summed E-state index contributed by atoms with van der Waals surface area (Å²) >= 11 is 9.33. The lowest BCUT2D eigenvalue weighted by molar-refractivity contribution is -0.668. The molecule has 14 heteroatoms. The first-order valence-electron chi connectivity index (χ1n) is 11.9. The van der Waals surface area contributed by atoms with E-state index in [9.17, 15) is 25.9 Å². The highest BCUT2D eigenvalue weighted by molar-refractivity contribution is 8.03. The van der Waals surface area contributed by atoms with Crippen LogP contribution in [0.15, 0.2) is 58.0 Å². The van der Waals surface area contributed by atoms with E-state index in [4.69, 9.17) is 16.3 Å². The van der Waals surface area contributed by atoms with E-state index in [1.54, 1.807) is 36.3 Å². The zero-order valence-electron chi connectivity index (χ0n) is 21.2. The molecule has 1 aliphatic rings. The van der Waals surface area contributed by atoms with Crippen molar-refractivity contribution in [2.75, 3.05) is 30.1 Å². The maximum absolute atomic E-state index is 11.3. The number of nitrogens with zero attached hydrogens (tertiary/aromatic N) is 2. The van der Waals surface area contributed by atoms with Crippen molar-refractivity contribution in [2.24, 2.45) is 0 Å². The molecular weight excluding hydrogens is 604 g/mol. The van der Waals surface area contributed by atoms with Crippen LogP contribution >= 0.6 is 34.7 Å². The molecule has 39 heavy (non-hydrogen) atoms. The van der Waals surface area contributed by atoms with E-state index in [0.717, 1.165) is 36.4 Å². The van der Waals surface area contributed by atoms with Crippen LogP contribution in [0.2, 0.25) is 5.02 Å². The molecule has 0 amide bonds. The van der Waals surface area contributed by atoms with Crippen molar-refractivity contribution in [3.05, 3.63) is 63.1 Å². The number of aromatic nitrogens is 1. The van der Waals surface area contributed by atoms with Gasteiger partial charge < -0.3 is 9.64 Å². The summed E-state index contributed by atoms with van der Waals surface area (Å²) in [6, 6.07) is 11.3. The molecule has 1 aliphatic heterocycles. The highest BCUT2D eigenvalue weighted by Gasteiger charge is 2.26. The Bertz CT molecular complexity index is 1660. The molecule has 1 aromatic heterocycles. The van der Waals surface area contributed by atoms with E-state index in [2.05, 4.69) is 0 Å². The number of halogens is 1. The monoisotopic (exact) mass is 631 g/mol. The molecule has 3 aromatic rings. The van der Waals surface area contributed by atoms with Crippen LogP contribution in [0.1, 0.15) is 24.8 Å². The van der Waals surface area contributed by atoms with Gasteiger partial charge in [0.2, 0.25) is 5.52 Å². The molecule has 4 rings (SSSR count). The molecule has 0 bridgehead atoms. The van der Waals surface area contributed by atoms with E-state index >= 15 is 0 Å². The van der Waals surface area contributed by atoms with Crippen LogP contribution in [0.4, 0.5) is 5.69 Å². The molecule has 9 nitrogen and oxygen atoms in total. The summed E-state index contributed by atoms with van der Waals surface area (Å²) in [5.41, 5.74) is 2.68. The number of fused-ring (bicyclic) bond motifs is 2. The van der Waals surface area contributed by atoms with E-state index in [1.807, 2.05) is 58.9 Å². The minimum atomic E-state index is -4.08. The average Bonchev–Trinajstić information content (AvgIpc) is 3.34. The van der Waals surface area contributed by atoms with Crippen molar-refractivity contribution < 1.29 is 35.2 Å². The summed E-state index contributed by atoms with van der Waals surface area (Å²) in [7, 11) is -6.57. The number of benzene rings is 2. The minimum absolute atomic E-state index is 0.233. The van der Waals surface area contributed by atoms with Gasteiger partial charge in [-0.25, -0.2) is 0 Å². The SMILES string of the molecule is COc1ccc2sc(/C=C(C)/C=C3\Sc4ccc(Cl)cc4N3CCCS(=O)(=O)O)[n+](CCCS(=O)(=O)O)c2c1. The normalized spacial score (nSPS) is 15.4. The van der Waals surface area contributed by atoms with E-state index in [0.29, 0.717) is 23.9 Å². The number of hydrogen-bond donors (Lipinski definition) is 2. The van der Waals surface area contributed by atoms with E-state index < -0.39 is 20.2 Å². The quantitative estimate of drug-likeness (QED) is 0.215. The van der Waals surface area contributed by atoms with Crippen LogP contribution in [0.25, 0.3) is 16.3 Å². The lowest BCUT2D eigenvalue weighted by Gasteiger charge is -2.20. The van der Waals surface area contributed by atoms with Gasteiger partial charge in [-0.2, -0.15) is 21.4 Å². The third kappa shape index (κ3) is 7.97. The number of thiazole rings is 1. The van der Waals surface area contributed by atoms with Gasteiger partial charge in [-0.05, 0) is 55.3 Å². The molecule has 2 aromatic carbocycles. The molecule has 0 fully saturated rings. The van der Waals surface area contributed by atoms with Crippen molar-refractivity contribution in [3.8, 4) is 5.75 Å². The van der Waals surface area contributed by atoms with E-state index in [1.165, 1.54) is 0 Å². The molecule has 2 N–H and O–H groups in total. The summed E-state index contributed by atoms with van der Waals surface area (Å²) in [6.45, 7) is 2.70. The number of methoxy groups -OCH3 is 1. The first-order valence-corrected chi connectivity index (χ1v) is 17.1. The van der Waals surface area contributed by atoms with Crippen LogP contribution < -0.4 is 14.2 Å². The minimum Gasteiger partial charge on any atom is -0.497 e. The first kappa shape index (κ1) is 29.8. The summed E-state index contributed by atoms with van der Waals surface area (Å²) in [5.74, 6) is -0.0118. The van der Waals surface area contributed by atoms with Crippen molar-refractivity contribution >= 4 is 76.9 Å². The highest BCUT2D eigenvalue weighted by atomic mass is 35.5. The first-order chi connectivity index (χ1) is 18.3. The van der Waals surface area contributed by atoms with Gasteiger partial charge in [-0.15, -0.1) is 0 Å². The van der Waals surface area contributed by atoms with Crippen molar-refractivity contribution in [3.63, 3.8) is 0 Å². The van der Waals surface area contributed by atoms with Gasteiger partial charge in [0.25, 0.3) is 25.2 Å². The molecule has 2 heterocycles. The standard InChI is InChI=1S/C25H27ClN2O7S4/c1-17(13-24-27(9-3-11-38(29,30)31)20-15-18(26)5-7-22(20)36-24)14-25-28(10-4-12-39(32,33)34)21-16-19(35-2)6-8-23(21)37-25/h5-8,13-16H,3-4,9-12H2,1-2H3,(H-,29,30,31,32,33,34)/p+1. The summed E-state index contributed by atoms with van der Waals surface area (Å²) in [4.78, 5) is 2.98. The summed E-state index contributed by atoms with van der Waals surface area (Å²) in [6.07, 6.45) is 4.47. The Morgan fingerprint density at radius 1 is 1.08 bits per heavy atom. The molecule has 0 spiro atoms. The third-order valence-corrected chi connectivity index (χ3v) is 9.97. The molecule has 210 valence electrons. The second kappa shape index (κ2) is 12.2. The van der Waals surface area contributed by atoms with Crippen molar-refractivity contribution in [1.29, 1.82) is 0 Å². The number of hydrogen-bond acceptors (Lipinski definition) is 8. The topological polar surface area (TPSA) is 125 Å². The van der Waals surface area contributed by atoms with E-state index in [-0.39, 0.29) is 24.3 Å². The van der Waals surface area contributed by atoms with Crippen LogP contribution in [0, 0.1) is 0 Å². The number of ether oxygens (including phenoxy) is 1. The number of rotatable bonds is 11. The maximum atomic E-state index is 11.3. The fraction of sp³-hybridized carbons (Fsp3) is 0.320. The second-order valence-electron chi connectivity index (χ2n) is 8.94. The Morgan fingerprint density at radius 3 is 2.49 bits per heavy atom. The fourth-order valence-corrected chi connectivity index (χ4v) is 7.71. The number of anilines is 1. The maximum Gasteiger partial charge on any atom is 0.265 e. The van der Waals surface area contributed by atoms with Crippen LogP contribution in [-0.2, 0) is 26.8 Å². The predicted molar refractivity (Wildman–Crippen MR) is 157 cm³/mol. The zero-order chi connectivity index (χ0) is 28.4. The fourth-order valence-electron chi connectivity index (χ4n) is 4.20. The molecule has 0 atom stereocenters. The molecule has 0 saturated carbocycles. The number of allylic oxidation sites excluding steroid dienone is 2. The predicted octanol–water partition coefficient (Wildman–Crippen LogP) is 5.26. The third-order valence-electron chi connectivity index (χ3n) is 5.90. The lowest BCUT2D eigenvalue weighted by atomic mass is 10.2. The number of aryl methyl sites for hydroxylation is 1. The van der Waals surface area contributed by atoms with Gasteiger partial charge in [0.15, 0.2) is 6.54 Å². The molecular formula is C25H28ClN2O7S4+. The van der Waals surface area contributed by atoms with Gasteiger partial charge in [-0.3, -0.25) is 9.11 Å². The Morgan fingerprint density at radius 2 is 1.79 bits per heavy atom. The second-order valence-corrected chi connectivity index (χ2v) is 14.6. The lowest BCUT2D eigenvalue weighted by Crippen LogP contribution is -2.36. The van der Waals surface area contributed by atoms with Crippen molar-refractivity contribution in [1.82, 2.24) is 0 Å². The smallest absolute Gasteiger partial charge is 0.265 e. The Hall–Kier alpha value is -2.13. The van der Waals surface area contributed by atoms with Gasteiger partial charge in [0, 0.05) is 29.0 Å².